The topological polar surface area (TPSA) is 69.7 Å². The molecule has 2 fully saturated rings. The maximum absolute atomic E-state index is 5.07. The van der Waals surface area contributed by atoms with Crippen molar-refractivity contribution in [1.82, 2.24) is 30.6 Å². The zero-order valence-electron chi connectivity index (χ0n) is 12.9. The van der Waals surface area contributed by atoms with E-state index in [4.69, 9.17) is 4.98 Å². The van der Waals surface area contributed by atoms with Crippen LogP contribution < -0.4 is 5.43 Å². The Morgan fingerprint density at radius 1 is 1.23 bits per heavy atom. The van der Waals surface area contributed by atoms with Gasteiger partial charge in [0.25, 0.3) is 0 Å². The summed E-state index contributed by atoms with van der Waals surface area (Å²) >= 11 is 1.79. The lowest BCUT2D eigenvalue weighted by Gasteiger charge is -2.21. The molecule has 1 aliphatic carbocycles. The van der Waals surface area contributed by atoms with Gasteiger partial charge in [0, 0.05) is 19.5 Å². The van der Waals surface area contributed by atoms with Gasteiger partial charge in [-0.05, 0) is 19.3 Å². The van der Waals surface area contributed by atoms with Crippen LogP contribution >= 0.6 is 11.3 Å². The highest BCUT2D eigenvalue weighted by molar-refractivity contribution is 7.15. The molecule has 1 atom stereocenters. The highest BCUT2D eigenvalue weighted by Gasteiger charge is 2.30. The third-order valence-corrected chi connectivity index (χ3v) is 6.00. The summed E-state index contributed by atoms with van der Waals surface area (Å²) in [5.41, 5.74) is 4.62. The predicted molar refractivity (Wildman–Crippen MR) is 86.4 cm³/mol. The Labute approximate surface area is 134 Å². The lowest BCUT2D eigenvalue weighted by atomic mass is 9.86. The van der Waals surface area contributed by atoms with E-state index >= 15 is 0 Å². The Morgan fingerprint density at radius 2 is 2.09 bits per heavy atom. The molecule has 2 N–H and O–H groups in total. The Kier molecular flexibility index (Phi) is 3.94. The van der Waals surface area contributed by atoms with Crippen LogP contribution in [0.5, 0.6) is 0 Å². The molecule has 2 aromatic rings. The van der Waals surface area contributed by atoms with Crippen LogP contribution in [0.4, 0.5) is 0 Å². The molecule has 0 bridgehead atoms. The Hall–Kier alpha value is -1.31. The number of hydrogen-bond acceptors (Lipinski definition) is 6. The molecule has 1 aliphatic heterocycles. The van der Waals surface area contributed by atoms with Gasteiger partial charge < -0.3 is 0 Å². The second-order valence-electron chi connectivity index (χ2n) is 6.26. The maximum atomic E-state index is 5.07. The summed E-state index contributed by atoms with van der Waals surface area (Å²) in [4.78, 5) is 10.6. The molecule has 1 unspecified atom stereocenters. The van der Waals surface area contributed by atoms with Gasteiger partial charge in [0.1, 0.15) is 11.3 Å². The molecule has 4 rings (SSSR count). The molecule has 7 heteroatoms. The first kappa shape index (κ1) is 14.3. The van der Waals surface area contributed by atoms with E-state index in [-0.39, 0.29) is 0 Å². The van der Waals surface area contributed by atoms with Crippen LogP contribution in [0.25, 0.3) is 10.7 Å². The molecule has 0 radical (unpaired) electrons. The van der Waals surface area contributed by atoms with Crippen molar-refractivity contribution in [2.45, 2.75) is 50.5 Å². The average molecular weight is 318 g/mol. The van der Waals surface area contributed by atoms with Crippen LogP contribution in [0.2, 0.25) is 0 Å². The summed E-state index contributed by atoms with van der Waals surface area (Å²) in [7, 11) is 2.10. The Bertz CT molecular complexity index is 616. The lowest BCUT2D eigenvalue weighted by Crippen LogP contribution is -2.28. The molecule has 1 saturated carbocycles. The molecule has 0 aromatic carbocycles. The van der Waals surface area contributed by atoms with Gasteiger partial charge in [-0.1, -0.05) is 19.3 Å². The van der Waals surface area contributed by atoms with Crippen LogP contribution in [0.15, 0.2) is 6.33 Å². The van der Waals surface area contributed by atoms with Crippen molar-refractivity contribution in [3.05, 3.63) is 17.0 Å². The van der Waals surface area contributed by atoms with E-state index in [1.165, 1.54) is 47.7 Å². The Morgan fingerprint density at radius 3 is 2.77 bits per heavy atom. The number of hydrazine groups is 1. The van der Waals surface area contributed by atoms with Crippen molar-refractivity contribution in [1.29, 1.82) is 0 Å². The fourth-order valence-corrected chi connectivity index (χ4v) is 4.88. The molecule has 2 aliphatic rings. The van der Waals surface area contributed by atoms with Crippen molar-refractivity contribution in [2.24, 2.45) is 0 Å². The van der Waals surface area contributed by atoms with Gasteiger partial charge in [-0.15, -0.1) is 11.3 Å². The maximum Gasteiger partial charge on any atom is 0.167 e. The highest BCUT2D eigenvalue weighted by atomic mass is 32.1. The van der Waals surface area contributed by atoms with Gasteiger partial charge >= 0.3 is 0 Å². The van der Waals surface area contributed by atoms with Gasteiger partial charge in [-0.25, -0.2) is 15.0 Å². The van der Waals surface area contributed by atoms with Gasteiger partial charge in [0.15, 0.2) is 5.82 Å². The number of thiazole rings is 1. The predicted octanol–water partition coefficient (Wildman–Crippen LogP) is 2.86. The molecule has 118 valence electrons. The summed E-state index contributed by atoms with van der Waals surface area (Å²) in [6, 6.07) is 0.379. The number of aromatic amines is 1. The van der Waals surface area contributed by atoms with Crippen LogP contribution in [0, 0.1) is 0 Å². The van der Waals surface area contributed by atoms with Crippen molar-refractivity contribution >= 4 is 11.3 Å². The Balaban J connectivity index is 1.72. The third kappa shape index (κ3) is 2.57. The zero-order valence-corrected chi connectivity index (χ0v) is 13.7. The normalized spacial score (nSPS) is 24.1. The van der Waals surface area contributed by atoms with E-state index in [9.17, 15) is 0 Å². The molecule has 0 spiro atoms. The summed E-state index contributed by atoms with van der Waals surface area (Å²) in [6.45, 7) is 1.02. The zero-order chi connectivity index (χ0) is 14.9. The summed E-state index contributed by atoms with van der Waals surface area (Å²) in [5, 5.41) is 10.5. The van der Waals surface area contributed by atoms with Crippen molar-refractivity contribution in [3.8, 4) is 10.7 Å². The van der Waals surface area contributed by atoms with E-state index in [0.717, 1.165) is 18.8 Å². The molecule has 6 nitrogen and oxygen atoms in total. The average Bonchev–Trinajstić information content (AvgIpc) is 3.27. The summed E-state index contributed by atoms with van der Waals surface area (Å²) < 4.78 is 0. The fourth-order valence-electron chi connectivity index (χ4n) is 3.60. The molecule has 22 heavy (non-hydrogen) atoms. The summed E-state index contributed by atoms with van der Waals surface area (Å²) in [6.07, 6.45) is 9.20. The number of aromatic nitrogens is 4. The van der Waals surface area contributed by atoms with Gasteiger partial charge in [0.05, 0.1) is 16.6 Å². The minimum Gasteiger partial charge on any atom is -0.259 e. The molecule has 1 saturated heterocycles. The van der Waals surface area contributed by atoms with Crippen LogP contribution in [-0.2, 0) is 0 Å². The first-order valence-corrected chi connectivity index (χ1v) is 8.97. The first-order valence-electron chi connectivity index (χ1n) is 8.15. The highest BCUT2D eigenvalue weighted by Crippen LogP contribution is 2.42. The number of rotatable bonds is 3. The van der Waals surface area contributed by atoms with Crippen molar-refractivity contribution in [2.75, 3.05) is 13.6 Å². The monoisotopic (exact) mass is 318 g/mol. The largest absolute Gasteiger partial charge is 0.259 e. The molecular formula is C15H22N6S. The smallest absolute Gasteiger partial charge is 0.167 e. The number of H-pyrrole nitrogens is 1. The lowest BCUT2D eigenvalue weighted by molar-refractivity contribution is 0.239. The second-order valence-corrected chi connectivity index (χ2v) is 7.29. The minimum absolute atomic E-state index is 0.379. The molecule has 2 aromatic heterocycles. The van der Waals surface area contributed by atoms with E-state index in [1.54, 1.807) is 17.7 Å². The molecular weight excluding hydrogens is 296 g/mol. The fraction of sp³-hybridized carbons (Fsp3) is 0.667. The van der Waals surface area contributed by atoms with Crippen molar-refractivity contribution < 1.29 is 0 Å². The van der Waals surface area contributed by atoms with Gasteiger partial charge in [0.2, 0.25) is 0 Å². The van der Waals surface area contributed by atoms with Crippen LogP contribution in [0.3, 0.4) is 0 Å². The van der Waals surface area contributed by atoms with Gasteiger partial charge in [-0.3, -0.25) is 10.5 Å². The van der Waals surface area contributed by atoms with E-state index in [0.29, 0.717) is 12.0 Å². The van der Waals surface area contributed by atoms with Crippen LogP contribution in [-0.4, -0.2) is 38.8 Å². The van der Waals surface area contributed by atoms with Crippen molar-refractivity contribution in [3.63, 3.8) is 0 Å². The van der Waals surface area contributed by atoms with E-state index < -0.39 is 0 Å². The number of nitrogens with one attached hydrogen (secondary N) is 2. The first-order chi connectivity index (χ1) is 10.8. The molecule has 0 amide bonds. The second kappa shape index (κ2) is 6.06. The third-order valence-electron chi connectivity index (χ3n) is 4.82. The standard InChI is InChI=1S/C15H22N6S/c1-21-11(7-8-18-21)15-19-12(10-5-3-2-4-6-10)13(22-15)14-16-9-17-20-14/h9-11,18H,2-8H2,1H3,(H,16,17,20). The van der Waals surface area contributed by atoms with E-state index in [1.807, 2.05) is 0 Å². The minimum atomic E-state index is 0.379. The van der Waals surface area contributed by atoms with E-state index in [2.05, 4.69) is 32.7 Å². The van der Waals surface area contributed by atoms with Crippen LogP contribution in [0.1, 0.15) is 61.2 Å². The van der Waals surface area contributed by atoms with Gasteiger partial charge in [-0.2, -0.15) is 5.10 Å². The summed E-state index contributed by atoms with van der Waals surface area (Å²) in [5.74, 6) is 1.46. The number of hydrogen-bond donors (Lipinski definition) is 2. The SMILES string of the molecule is CN1NCCC1c1nc(C2CCCCC2)c(-c2ncn[nH]2)s1. The number of nitrogens with zero attached hydrogens (tertiary/aromatic N) is 4. The quantitative estimate of drug-likeness (QED) is 0.910. The molecule has 3 heterocycles.